The summed E-state index contributed by atoms with van der Waals surface area (Å²) in [5, 5.41) is 0. The number of hydrogen-bond acceptors (Lipinski definition) is 2. The summed E-state index contributed by atoms with van der Waals surface area (Å²) in [6.45, 7) is 7.11. The Bertz CT molecular complexity index is 369. The van der Waals surface area contributed by atoms with Gasteiger partial charge in [0.25, 0.3) is 0 Å². The van der Waals surface area contributed by atoms with Gasteiger partial charge in [-0.15, -0.1) is 0 Å². The zero-order valence-corrected chi connectivity index (χ0v) is 11.7. The number of aryl methyl sites for hydroxylation is 1. The predicted octanol–water partition coefficient (Wildman–Crippen LogP) is 3.32. The van der Waals surface area contributed by atoms with Gasteiger partial charge < -0.3 is 10.6 Å². The van der Waals surface area contributed by atoms with Gasteiger partial charge >= 0.3 is 0 Å². The van der Waals surface area contributed by atoms with Crippen molar-refractivity contribution in [2.24, 2.45) is 5.92 Å². The van der Waals surface area contributed by atoms with E-state index in [4.69, 9.17) is 5.73 Å². The third kappa shape index (κ3) is 4.34. The van der Waals surface area contributed by atoms with Crippen LogP contribution in [0.4, 0.5) is 5.69 Å². The van der Waals surface area contributed by atoms with Crippen molar-refractivity contribution in [1.29, 1.82) is 0 Å². The summed E-state index contributed by atoms with van der Waals surface area (Å²) in [5.74, 6) is 0.776. The van der Waals surface area contributed by atoms with Crippen molar-refractivity contribution in [2.75, 3.05) is 18.8 Å². The van der Waals surface area contributed by atoms with Crippen LogP contribution in [0.1, 0.15) is 38.7 Å². The minimum Gasteiger partial charge on any atom is -0.399 e. The van der Waals surface area contributed by atoms with Gasteiger partial charge in [0.05, 0.1) is 0 Å². The summed E-state index contributed by atoms with van der Waals surface area (Å²) in [7, 11) is 0. The van der Waals surface area contributed by atoms with E-state index in [-0.39, 0.29) is 0 Å². The molecule has 18 heavy (non-hydrogen) atoms. The van der Waals surface area contributed by atoms with Crippen LogP contribution in [0.15, 0.2) is 24.3 Å². The van der Waals surface area contributed by atoms with Gasteiger partial charge in [0, 0.05) is 18.3 Å². The fraction of sp³-hybridized carbons (Fsp3) is 0.625. The van der Waals surface area contributed by atoms with Gasteiger partial charge in [-0.25, -0.2) is 0 Å². The summed E-state index contributed by atoms with van der Waals surface area (Å²) in [5.41, 5.74) is 8.06. The number of nitrogens with zero attached hydrogens (tertiary/aromatic N) is 1. The van der Waals surface area contributed by atoms with Crippen molar-refractivity contribution in [3.63, 3.8) is 0 Å². The second kappa shape index (κ2) is 6.24. The minimum absolute atomic E-state index is 0.776. The molecule has 0 unspecified atom stereocenters. The van der Waals surface area contributed by atoms with Crippen LogP contribution in [0, 0.1) is 5.92 Å². The maximum absolute atomic E-state index is 5.80. The molecule has 0 radical (unpaired) electrons. The first-order chi connectivity index (χ1) is 8.65. The predicted molar refractivity (Wildman–Crippen MR) is 78.6 cm³/mol. The third-order valence-corrected chi connectivity index (χ3v) is 3.52. The minimum atomic E-state index is 0.776. The zero-order valence-electron chi connectivity index (χ0n) is 11.7. The Morgan fingerprint density at radius 2 is 2.11 bits per heavy atom. The van der Waals surface area contributed by atoms with Crippen LogP contribution in [0.5, 0.6) is 0 Å². The van der Waals surface area contributed by atoms with Gasteiger partial charge in [0.15, 0.2) is 0 Å². The Hall–Kier alpha value is -1.02. The lowest BCUT2D eigenvalue weighted by Crippen LogP contribution is -2.31. The van der Waals surface area contributed by atoms with E-state index in [1.165, 1.54) is 37.9 Å². The first-order valence-corrected chi connectivity index (χ1v) is 7.23. The first-order valence-electron chi connectivity index (χ1n) is 7.23. The fourth-order valence-corrected chi connectivity index (χ4v) is 2.57. The number of benzene rings is 1. The highest BCUT2D eigenvalue weighted by Crippen LogP contribution is 2.27. The van der Waals surface area contributed by atoms with E-state index in [1.54, 1.807) is 0 Å². The van der Waals surface area contributed by atoms with Crippen molar-refractivity contribution in [3.05, 3.63) is 29.8 Å². The van der Waals surface area contributed by atoms with Crippen molar-refractivity contribution in [3.8, 4) is 0 Å². The van der Waals surface area contributed by atoms with E-state index in [2.05, 4.69) is 36.9 Å². The van der Waals surface area contributed by atoms with Crippen LogP contribution >= 0.6 is 0 Å². The third-order valence-electron chi connectivity index (χ3n) is 3.52. The molecule has 2 nitrogen and oxygen atoms in total. The topological polar surface area (TPSA) is 29.3 Å². The molecule has 0 saturated heterocycles. The Morgan fingerprint density at radius 3 is 2.72 bits per heavy atom. The van der Waals surface area contributed by atoms with Gasteiger partial charge in [-0.3, -0.25) is 0 Å². The largest absolute Gasteiger partial charge is 0.399 e. The second-order valence-corrected chi connectivity index (χ2v) is 5.97. The number of rotatable bonds is 7. The normalized spacial score (nSPS) is 15.6. The zero-order chi connectivity index (χ0) is 13.0. The van der Waals surface area contributed by atoms with Crippen LogP contribution in [0.3, 0.4) is 0 Å². The van der Waals surface area contributed by atoms with E-state index in [0.717, 1.165) is 24.1 Å². The smallest absolute Gasteiger partial charge is 0.0316 e. The molecule has 0 aliphatic heterocycles. The highest BCUT2D eigenvalue weighted by atomic mass is 15.2. The van der Waals surface area contributed by atoms with Gasteiger partial charge in [-0.2, -0.15) is 0 Å². The summed E-state index contributed by atoms with van der Waals surface area (Å²) in [4.78, 5) is 2.68. The van der Waals surface area contributed by atoms with E-state index >= 15 is 0 Å². The molecule has 2 N–H and O–H groups in total. The number of anilines is 1. The van der Waals surface area contributed by atoms with Crippen molar-refractivity contribution in [2.45, 2.75) is 45.6 Å². The molecule has 1 aliphatic rings. The molecule has 0 spiro atoms. The summed E-state index contributed by atoms with van der Waals surface area (Å²) < 4.78 is 0. The van der Waals surface area contributed by atoms with E-state index in [9.17, 15) is 0 Å². The average Bonchev–Trinajstić information content (AvgIpc) is 3.11. The first kappa shape index (κ1) is 13.4. The molecule has 100 valence electrons. The Labute approximate surface area is 111 Å². The molecular formula is C16H26N2. The Balaban J connectivity index is 1.76. The van der Waals surface area contributed by atoms with Crippen LogP contribution in [-0.2, 0) is 6.42 Å². The molecule has 1 aromatic rings. The van der Waals surface area contributed by atoms with Crippen molar-refractivity contribution < 1.29 is 0 Å². The van der Waals surface area contributed by atoms with Crippen LogP contribution < -0.4 is 5.73 Å². The highest BCUT2D eigenvalue weighted by Gasteiger charge is 2.28. The summed E-state index contributed by atoms with van der Waals surface area (Å²) in [6.07, 6.45) is 5.20. The van der Waals surface area contributed by atoms with Crippen LogP contribution in [0.25, 0.3) is 0 Å². The van der Waals surface area contributed by atoms with Gasteiger partial charge in [-0.1, -0.05) is 26.0 Å². The maximum Gasteiger partial charge on any atom is 0.0316 e. The Morgan fingerprint density at radius 1 is 1.33 bits per heavy atom. The molecule has 1 saturated carbocycles. The van der Waals surface area contributed by atoms with Gasteiger partial charge in [-0.05, 0) is 55.8 Å². The van der Waals surface area contributed by atoms with Crippen LogP contribution in [-0.4, -0.2) is 24.0 Å². The van der Waals surface area contributed by atoms with E-state index in [0.29, 0.717) is 0 Å². The van der Waals surface area contributed by atoms with Gasteiger partial charge in [0.1, 0.15) is 0 Å². The highest BCUT2D eigenvalue weighted by molar-refractivity contribution is 5.40. The molecule has 2 rings (SSSR count). The fourth-order valence-electron chi connectivity index (χ4n) is 2.57. The molecule has 0 amide bonds. The molecule has 0 aromatic heterocycles. The van der Waals surface area contributed by atoms with E-state index < -0.39 is 0 Å². The second-order valence-electron chi connectivity index (χ2n) is 5.97. The molecule has 0 bridgehead atoms. The maximum atomic E-state index is 5.80. The Kier molecular flexibility index (Phi) is 4.65. The number of nitrogen functional groups attached to an aromatic ring is 1. The monoisotopic (exact) mass is 246 g/mol. The lowest BCUT2D eigenvalue weighted by Gasteiger charge is -2.23. The standard InChI is InChI=1S/C16H26N2/c1-13(2)12-18(16-8-9-16)10-4-6-14-5-3-7-15(17)11-14/h3,5,7,11,13,16H,4,6,8-10,12,17H2,1-2H3. The van der Waals surface area contributed by atoms with E-state index in [1.807, 2.05) is 6.07 Å². The van der Waals surface area contributed by atoms with Crippen molar-refractivity contribution in [1.82, 2.24) is 4.90 Å². The number of hydrogen-bond donors (Lipinski definition) is 1. The molecule has 0 atom stereocenters. The SMILES string of the molecule is CC(C)CN(CCCc1cccc(N)c1)C1CC1. The van der Waals surface area contributed by atoms with Gasteiger partial charge in [0.2, 0.25) is 0 Å². The summed E-state index contributed by atoms with van der Waals surface area (Å²) in [6, 6.07) is 9.17. The molecule has 0 heterocycles. The average molecular weight is 246 g/mol. The molecule has 2 heteroatoms. The van der Waals surface area contributed by atoms with Crippen LogP contribution in [0.2, 0.25) is 0 Å². The number of nitrogens with two attached hydrogens (primary N) is 1. The quantitative estimate of drug-likeness (QED) is 0.748. The molecule has 1 aromatic carbocycles. The molecular weight excluding hydrogens is 220 g/mol. The summed E-state index contributed by atoms with van der Waals surface area (Å²) >= 11 is 0. The lowest BCUT2D eigenvalue weighted by molar-refractivity contribution is 0.232. The molecule has 1 aliphatic carbocycles. The lowest BCUT2D eigenvalue weighted by atomic mass is 10.1. The molecule has 1 fully saturated rings. The van der Waals surface area contributed by atoms with Crippen molar-refractivity contribution >= 4 is 5.69 Å².